The number of piperidine rings is 1. The largest absolute Gasteiger partial charge is 0.467 e. The van der Waals surface area contributed by atoms with Gasteiger partial charge in [-0.05, 0) is 31.5 Å². The minimum Gasteiger partial charge on any atom is -0.467 e. The van der Waals surface area contributed by atoms with E-state index in [0.29, 0.717) is 6.54 Å². The Morgan fingerprint density at radius 2 is 2.60 bits per heavy atom. The fourth-order valence-corrected chi connectivity index (χ4v) is 1.81. The summed E-state index contributed by atoms with van der Waals surface area (Å²) < 4.78 is 5.14. The Morgan fingerprint density at radius 1 is 1.67 bits per heavy atom. The lowest BCUT2D eigenvalue weighted by molar-refractivity contribution is -0.125. The Hall–Kier alpha value is -1.29. The highest BCUT2D eigenvalue weighted by Crippen LogP contribution is 2.10. The minimum absolute atomic E-state index is 0.119. The molecule has 4 heteroatoms. The number of rotatable bonds is 3. The van der Waals surface area contributed by atoms with E-state index in [1.54, 1.807) is 6.26 Å². The molecule has 1 aromatic rings. The molecule has 82 valence electrons. The van der Waals surface area contributed by atoms with Crippen molar-refractivity contribution >= 4 is 5.91 Å². The first-order valence-corrected chi connectivity index (χ1v) is 5.37. The summed E-state index contributed by atoms with van der Waals surface area (Å²) in [5, 5.41) is 6.11. The van der Waals surface area contributed by atoms with Crippen LogP contribution in [0.2, 0.25) is 0 Å². The molecule has 1 unspecified atom stereocenters. The molecule has 0 spiro atoms. The van der Waals surface area contributed by atoms with Crippen molar-refractivity contribution in [3.63, 3.8) is 0 Å². The van der Waals surface area contributed by atoms with Crippen LogP contribution in [-0.2, 0) is 11.3 Å². The van der Waals surface area contributed by atoms with Crippen LogP contribution in [-0.4, -0.2) is 19.0 Å². The van der Waals surface area contributed by atoms with Gasteiger partial charge in [0.1, 0.15) is 5.76 Å². The molecule has 0 saturated carbocycles. The number of hydrogen-bond acceptors (Lipinski definition) is 3. The summed E-state index contributed by atoms with van der Waals surface area (Å²) in [7, 11) is 0. The van der Waals surface area contributed by atoms with Gasteiger partial charge in [-0.25, -0.2) is 0 Å². The maximum absolute atomic E-state index is 11.7. The molecule has 1 aliphatic rings. The van der Waals surface area contributed by atoms with Gasteiger partial charge in [-0.2, -0.15) is 0 Å². The smallest absolute Gasteiger partial charge is 0.224 e. The van der Waals surface area contributed by atoms with Crippen LogP contribution in [0, 0.1) is 5.92 Å². The lowest BCUT2D eigenvalue weighted by Gasteiger charge is -2.21. The fourth-order valence-electron chi connectivity index (χ4n) is 1.81. The van der Waals surface area contributed by atoms with E-state index in [-0.39, 0.29) is 11.8 Å². The number of furan rings is 1. The summed E-state index contributed by atoms with van der Waals surface area (Å²) >= 11 is 0. The van der Waals surface area contributed by atoms with E-state index in [1.807, 2.05) is 12.1 Å². The van der Waals surface area contributed by atoms with E-state index in [1.165, 1.54) is 0 Å². The van der Waals surface area contributed by atoms with Gasteiger partial charge >= 0.3 is 0 Å². The first-order chi connectivity index (χ1) is 7.36. The Bertz CT molecular complexity index is 302. The SMILES string of the molecule is O=C(NCc1ccco1)C1CCCNC1. The van der Waals surface area contributed by atoms with Crippen molar-refractivity contribution in [3.05, 3.63) is 24.2 Å². The van der Waals surface area contributed by atoms with Gasteiger partial charge in [0.2, 0.25) is 5.91 Å². The van der Waals surface area contributed by atoms with E-state index < -0.39 is 0 Å². The van der Waals surface area contributed by atoms with E-state index in [0.717, 1.165) is 31.7 Å². The topological polar surface area (TPSA) is 54.3 Å². The summed E-state index contributed by atoms with van der Waals surface area (Å²) in [4.78, 5) is 11.7. The normalized spacial score (nSPS) is 21.2. The highest BCUT2D eigenvalue weighted by atomic mass is 16.3. The molecule has 1 aromatic heterocycles. The highest BCUT2D eigenvalue weighted by molar-refractivity contribution is 5.78. The van der Waals surface area contributed by atoms with Crippen LogP contribution in [0.4, 0.5) is 0 Å². The fraction of sp³-hybridized carbons (Fsp3) is 0.545. The molecule has 0 radical (unpaired) electrons. The summed E-state index contributed by atoms with van der Waals surface area (Å²) in [6.07, 6.45) is 3.68. The zero-order valence-electron chi connectivity index (χ0n) is 8.66. The second-order valence-corrected chi connectivity index (χ2v) is 3.84. The first kappa shape index (κ1) is 10.2. The molecular weight excluding hydrogens is 192 g/mol. The predicted octanol–water partition coefficient (Wildman–Crippen LogP) is 0.895. The van der Waals surface area contributed by atoms with Gasteiger partial charge in [-0.15, -0.1) is 0 Å². The van der Waals surface area contributed by atoms with E-state index in [4.69, 9.17) is 4.42 Å². The lowest BCUT2D eigenvalue weighted by atomic mass is 9.99. The van der Waals surface area contributed by atoms with Crippen molar-refractivity contribution in [1.82, 2.24) is 10.6 Å². The highest BCUT2D eigenvalue weighted by Gasteiger charge is 2.20. The quantitative estimate of drug-likeness (QED) is 0.775. The average Bonchev–Trinajstić information content (AvgIpc) is 2.80. The van der Waals surface area contributed by atoms with Crippen LogP contribution >= 0.6 is 0 Å². The zero-order chi connectivity index (χ0) is 10.5. The third-order valence-corrected chi connectivity index (χ3v) is 2.68. The lowest BCUT2D eigenvalue weighted by Crippen LogP contribution is -2.40. The molecule has 0 aliphatic carbocycles. The first-order valence-electron chi connectivity index (χ1n) is 5.37. The molecule has 1 amide bonds. The van der Waals surface area contributed by atoms with Crippen LogP contribution in [0.25, 0.3) is 0 Å². The number of hydrogen-bond donors (Lipinski definition) is 2. The van der Waals surface area contributed by atoms with Gasteiger partial charge in [0, 0.05) is 6.54 Å². The molecule has 15 heavy (non-hydrogen) atoms. The molecule has 1 saturated heterocycles. The van der Waals surface area contributed by atoms with Gasteiger partial charge in [0.25, 0.3) is 0 Å². The summed E-state index contributed by atoms with van der Waals surface area (Å²) in [5.41, 5.74) is 0. The summed E-state index contributed by atoms with van der Waals surface area (Å²) in [5.74, 6) is 1.04. The van der Waals surface area contributed by atoms with Crippen molar-refractivity contribution in [1.29, 1.82) is 0 Å². The minimum atomic E-state index is 0.119. The summed E-state index contributed by atoms with van der Waals surface area (Å²) in [6.45, 7) is 2.31. The van der Waals surface area contributed by atoms with Crippen molar-refractivity contribution < 1.29 is 9.21 Å². The molecule has 1 aliphatic heterocycles. The average molecular weight is 208 g/mol. The molecule has 2 heterocycles. The third-order valence-electron chi connectivity index (χ3n) is 2.68. The van der Waals surface area contributed by atoms with Crippen molar-refractivity contribution in [2.45, 2.75) is 19.4 Å². The molecule has 1 atom stereocenters. The third kappa shape index (κ3) is 2.83. The Balaban J connectivity index is 1.76. The van der Waals surface area contributed by atoms with Crippen LogP contribution < -0.4 is 10.6 Å². The Morgan fingerprint density at radius 3 is 3.27 bits per heavy atom. The van der Waals surface area contributed by atoms with Crippen LogP contribution in [0.15, 0.2) is 22.8 Å². The molecule has 0 bridgehead atoms. The number of nitrogens with one attached hydrogen (secondary N) is 2. The van der Waals surface area contributed by atoms with Crippen LogP contribution in [0.3, 0.4) is 0 Å². The van der Waals surface area contributed by atoms with Crippen molar-refractivity contribution in [2.24, 2.45) is 5.92 Å². The maximum Gasteiger partial charge on any atom is 0.224 e. The van der Waals surface area contributed by atoms with Gasteiger partial charge in [0.15, 0.2) is 0 Å². The van der Waals surface area contributed by atoms with E-state index in [2.05, 4.69) is 10.6 Å². The van der Waals surface area contributed by atoms with Gasteiger partial charge < -0.3 is 15.1 Å². The maximum atomic E-state index is 11.7. The molecule has 4 nitrogen and oxygen atoms in total. The van der Waals surface area contributed by atoms with Crippen LogP contribution in [0.5, 0.6) is 0 Å². The standard InChI is InChI=1S/C11H16N2O2/c14-11(9-3-1-5-12-7-9)13-8-10-4-2-6-15-10/h2,4,6,9,12H,1,3,5,7-8H2,(H,13,14). The molecule has 2 rings (SSSR count). The molecule has 1 fully saturated rings. The van der Waals surface area contributed by atoms with Gasteiger partial charge in [-0.3, -0.25) is 4.79 Å². The van der Waals surface area contributed by atoms with Crippen LogP contribution in [0.1, 0.15) is 18.6 Å². The van der Waals surface area contributed by atoms with E-state index in [9.17, 15) is 4.79 Å². The summed E-state index contributed by atoms with van der Waals surface area (Å²) in [6, 6.07) is 3.68. The van der Waals surface area contributed by atoms with Crippen molar-refractivity contribution in [2.75, 3.05) is 13.1 Å². The number of amides is 1. The molecule has 2 N–H and O–H groups in total. The van der Waals surface area contributed by atoms with Gasteiger partial charge in [-0.1, -0.05) is 0 Å². The molecule has 0 aromatic carbocycles. The Labute approximate surface area is 89.0 Å². The second kappa shape index (κ2) is 4.98. The van der Waals surface area contributed by atoms with E-state index >= 15 is 0 Å². The van der Waals surface area contributed by atoms with Crippen molar-refractivity contribution in [3.8, 4) is 0 Å². The predicted molar refractivity (Wildman–Crippen MR) is 56.1 cm³/mol. The molecular formula is C11H16N2O2. The second-order valence-electron chi connectivity index (χ2n) is 3.84. The Kier molecular flexibility index (Phi) is 3.40. The van der Waals surface area contributed by atoms with Gasteiger partial charge in [0.05, 0.1) is 18.7 Å². The number of carbonyl (C=O) groups is 1. The number of carbonyl (C=O) groups excluding carboxylic acids is 1. The monoisotopic (exact) mass is 208 g/mol. The zero-order valence-corrected chi connectivity index (χ0v) is 8.66.